The Kier molecular flexibility index (Phi) is 10.5. The molecule has 3 heteroatoms. The monoisotopic (exact) mass is 228 g/mol. The quantitative estimate of drug-likeness (QED) is 0.400. The standard InChI is InChI=1S/C13H28N2O/c1-4-9-15(10-5-2)12-8-6-7-11-14(3)13-16/h13H,4-12H2,1-3H3. The number of nitrogens with zero attached hydrogens (tertiary/aromatic N) is 2. The number of hydrogen-bond donors (Lipinski definition) is 0. The van der Waals surface area contributed by atoms with Crippen molar-refractivity contribution >= 4 is 6.41 Å². The molecule has 0 heterocycles. The van der Waals surface area contributed by atoms with Crippen LogP contribution in [0.1, 0.15) is 46.0 Å². The molecule has 0 aromatic rings. The zero-order valence-electron chi connectivity index (χ0n) is 11.2. The summed E-state index contributed by atoms with van der Waals surface area (Å²) in [7, 11) is 1.84. The Morgan fingerprint density at radius 3 is 1.94 bits per heavy atom. The van der Waals surface area contributed by atoms with E-state index in [1.165, 1.54) is 45.3 Å². The molecule has 0 unspecified atom stereocenters. The second-order valence-corrected chi connectivity index (χ2v) is 4.49. The van der Waals surface area contributed by atoms with E-state index < -0.39 is 0 Å². The molecule has 0 aliphatic rings. The lowest BCUT2D eigenvalue weighted by molar-refractivity contribution is -0.117. The maximum Gasteiger partial charge on any atom is 0.209 e. The van der Waals surface area contributed by atoms with E-state index in [1.807, 2.05) is 7.05 Å². The molecule has 0 spiro atoms. The van der Waals surface area contributed by atoms with Gasteiger partial charge in [-0.3, -0.25) is 4.79 Å². The Bertz CT molecular complexity index is 156. The highest BCUT2D eigenvalue weighted by atomic mass is 16.1. The van der Waals surface area contributed by atoms with Gasteiger partial charge in [0.1, 0.15) is 0 Å². The smallest absolute Gasteiger partial charge is 0.209 e. The largest absolute Gasteiger partial charge is 0.348 e. The van der Waals surface area contributed by atoms with Gasteiger partial charge in [0.2, 0.25) is 6.41 Å². The van der Waals surface area contributed by atoms with Gasteiger partial charge in [-0.25, -0.2) is 0 Å². The molecule has 0 saturated carbocycles. The lowest BCUT2D eigenvalue weighted by Gasteiger charge is -2.20. The average Bonchev–Trinajstić information content (AvgIpc) is 2.28. The Balaban J connectivity index is 3.42. The predicted molar refractivity (Wildman–Crippen MR) is 69.6 cm³/mol. The third kappa shape index (κ3) is 8.72. The van der Waals surface area contributed by atoms with Crippen LogP contribution in [-0.2, 0) is 4.79 Å². The lowest BCUT2D eigenvalue weighted by Crippen LogP contribution is -2.26. The van der Waals surface area contributed by atoms with Gasteiger partial charge in [0.05, 0.1) is 0 Å². The van der Waals surface area contributed by atoms with E-state index in [9.17, 15) is 4.79 Å². The highest BCUT2D eigenvalue weighted by Gasteiger charge is 2.01. The minimum Gasteiger partial charge on any atom is -0.348 e. The van der Waals surface area contributed by atoms with Gasteiger partial charge < -0.3 is 9.80 Å². The van der Waals surface area contributed by atoms with Crippen LogP contribution < -0.4 is 0 Å². The minimum absolute atomic E-state index is 0.894. The summed E-state index contributed by atoms with van der Waals surface area (Å²) >= 11 is 0. The molecule has 0 saturated heterocycles. The number of rotatable bonds is 11. The summed E-state index contributed by atoms with van der Waals surface area (Å²) in [4.78, 5) is 14.6. The average molecular weight is 228 g/mol. The molecule has 1 amide bonds. The molecular weight excluding hydrogens is 200 g/mol. The Hall–Kier alpha value is -0.570. The molecule has 96 valence electrons. The fourth-order valence-electron chi connectivity index (χ4n) is 1.89. The van der Waals surface area contributed by atoms with E-state index in [2.05, 4.69) is 18.7 Å². The van der Waals surface area contributed by atoms with Crippen molar-refractivity contribution in [2.24, 2.45) is 0 Å². The van der Waals surface area contributed by atoms with Crippen LogP contribution in [0.2, 0.25) is 0 Å². The minimum atomic E-state index is 0.894. The van der Waals surface area contributed by atoms with Gasteiger partial charge in [-0.1, -0.05) is 20.3 Å². The van der Waals surface area contributed by atoms with Crippen LogP contribution in [0.15, 0.2) is 0 Å². The molecule has 0 bridgehead atoms. The number of carbonyl (C=O) groups is 1. The van der Waals surface area contributed by atoms with Gasteiger partial charge in [-0.15, -0.1) is 0 Å². The van der Waals surface area contributed by atoms with Crippen molar-refractivity contribution in [2.75, 3.05) is 33.2 Å². The van der Waals surface area contributed by atoms with Crippen LogP contribution in [0.25, 0.3) is 0 Å². The van der Waals surface area contributed by atoms with E-state index in [-0.39, 0.29) is 0 Å². The lowest BCUT2D eigenvalue weighted by atomic mass is 10.2. The molecule has 0 rings (SSSR count). The molecule has 0 radical (unpaired) electrons. The molecule has 0 aliphatic heterocycles. The first-order valence-electron chi connectivity index (χ1n) is 6.62. The van der Waals surface area contributed by atoms with Crippen molar-refractivity contribution in [3.05, 3.63) is 0 Å². The first kappa shape index (κ1) is 15.4. The predicted octanol–water partition coefficient (Wildman–Crippen LogP) is 2.37. The zero-order chi connectivity index (χ0) is 12.2. The van der Waals surface area contributed by atoms with Crippen LogP contribution in [0, 0.1) is 0 Å². The van der Waals surface area contributed by atoms with E-state index in [1.54, 1.807) is 4.90 Å². The topological polar surface area (TPSA) is 23.6 Å². The van der Waals surface area contributed by atoms with Crippen LogP contribution in [-0.4, -0.2) is 49.4 Å². The van der Waals surface area contributed by atoms with Crippen LogP contribution >= 0.6 is 0 Å². The Labute approximate surface area is 101 Å². The Morgan fingerprint density at radius 1 is 0.875 bits per heavy atom. The highest BCUT2D eigenvalue weighted by molar-refractivity contribution is 5.46. The normalized spacial score (nSPS) is 10.8. The summed E-state index contributed by atoms with van der Waals surface area (Å²) < 4.78 is 0. The molecule has 0 N–H and O–H groups in total. The van der Waals surface area contributed by atoms with Crippen molar-refractivity contribution in [3.8, 4) is 0 Å². The first-order valence-corrected chi connectivity index (χ1v) is 6.62. The third-order valence-corrected chi connectivity index (χ3v) is 2.74. The SMILES string of the molecule is CCCN(CCC)CCCCCN(C)C=O. The van der Waals surface area contributed by atoms with Gasteiger partial charge in [0.25, 0.3) is 0 Å². The van der Waals surface area contributed by atoms with Gasteiger partial charge in [-0.2, -0.15) is 0 Å². The second-order valence-electron chi connectivity index (χ2n) is 4.49. The number of amides is 1. The van der Waals surface area contributed by atoms with E-state index in [0.717, 1.165) is 19.4 Å². The molecule has 16 heavy (non-hydrogen) atoms. The fraction of sp³-hybridized carbons (Fsp3) is 0.923. The van der Waals surface area contributed by atoms with E-state index in [0.29, 0.717) is 0 Å². The molecule has 0 atom stereocenters. The number of carbonyl (C=O) groups excluding carboxylic acids is 1. The third-order valence-electron chi connectivity index (χ3n) is 2.74. The van der Waals surface area contributed by atoms with Gasteiger partial charge >= 0.3 is 0 Å². The summed E-state index contributed by atoms with van der Waals surface area (Å²) in [5.74, 6) is 0. The molecule has 3 nitrogen and oxygen atoms in total. The fourth-order valence-corrected chi connectivity index (χ4v) is 1.89. The number of unbranched alkanes of at least 4 members (excludes halogenated alkanes) is 2. The maximum atomic E-state index is 10.4. The molecule has 0 aromatic heterocycles. The van der Waals surface area contributed by atoms with Crippen molar-refractivity contribution in [1.29, 1.82) is 0 Å². The molecule has 0 fully saturated rings. The summed E-state index contributed by atoms with van der Waals surface area (Å²) in [6, 6.07) is 0. The first-order chi connectivity index (χ1) is 7.74. The van der Waals surface area contributed by atoms with Crippen LogP contribution in [0.3, 0.4) is 0 Å². The van der Waals surface area contributed by atoms with Crippen molar-refractivity contribution in [2.45, 2.75) is 46.0 Å². The highest BCUT2D eigenvalue weighted by Crippen LogP contribution is 2.01. The zero-order valence-corrected chi connectivity index (χ0v) is 11.2. The molecule has 0 aliphatic carbocycles. The summed E-state index contributed by atoms with van der Waals surface area (Å²) in [6.07, 6.45) is 7.00. The number of hydrogen-bond acceptors (Lipinski definition) is 2. The van der Waals surface area contributed by atoms with Crippen molar-refractivity contribution in [3.63, 3.8) is 0 Å². The molecular formula is C13H28N2O. The molecule has 0 aromatic carbocycles. The van der Waals surface area contributed by atoms with Gasteiger partial charge in [0.15, 0.2) is 0 Å². The maximum absolute atomic E-state index is 10.4. The van der Waals surface area contributed by atoms with Crippen LogP contribution in [0.5, 0.6) is 0 Å². The summed E-state index contributed by atoms with van der Waals surface area (Å²) in [6.45, 7) is 9.03. The second kappa shape index (κ2) is 10.9. The van der Waals surface area contributed by atoms with E-state index >= 15 is 0 Å². The summed E-state index contributed by atoms with van der Waals surface area (Å²) in [5, 5.41) is 0. The van der Waals surface area contributed by atoms with Crippen LogP contribution in [0.4, 0.5) is 0 Å². The summed E-state index contributed by atoms with van der Waals surface area (Å²) in [5.41, 5.74) is 0. The Morgan fingerprint density at radius 2 is 1.44 bits per heavy atom. The van der Waals surface area contributed by atoms with Gasteiger partial charge in [-0.05, 0) is 45.3 Å². The van der Waals surface area contributed by atoms with Crippen molar-refractivity contribution in [1.82, 2.24) is 9.80 Å². The van der Waals surface area contributed by atoms with E-state index in [4.69, 9.17) is 0 Å². The van der Waals surface area contributed by atoms with Gasteiger partial charge in [0, 0.05) is 13.6 Å². The van der Waals surface area contributed by atoms with Crippen molar-refractivity contribution < 1.29 is 4.79 Å².